The van der Waals surface area contributed by atoms with Crippen molar-refractivity contribution in [3.63, 3.8) is 0 Å². The van der Waals surface area contributed by atoms with E-state index in [1.807, 2.05) is 6.07 Å². The molecular formula is C17H26ClN. The van der Waals surface area contributed by atoms with Crippen LogP contribution in [0.2, 0.25) is 5.02 Å². The van der Waals surface area contributed by atoms with E-state index < -0.39 is 0 Å². The van der Waals surface area contributed by atoms with E-state index in [-0.39, 0.29) is 0 Å². The minimum Gasteiger partial charge on any atom is -0.314 e. The highest BCUT2D eigenvalue weighted by Crippen LogP contribution is 2.31. The first-order chi connectivity index (χ1) is 9.19. The lowest BCUT2D eigenvalue weighted by Crippen LogP contribution is -2.41. The lowest BCUT2D eigenvalue weighted by Gasteiger charge is -2.36. The Morgan fingerprint density at radius 2 is 2.16 bits per heavy atom. The largest absolute Gasteiger partial charge is 0.314 e. The number of nitrogens with one attached hydrogen (secondary N) is 1. The van der Waals surface area contributed by atoms with Gasteiger partial charge in [0.2, 0.25) is 0 Å². The third kappa shape index (κ3) is 4.50. The molecule has 1 aromatic rings. The number of hydrogen-bond acceptors (Lipinski definition) is 1. The normalized spacial score (nSPS) is 27.4. The van der Waals surface area contributed by atoms with Crippen LogP contribution in [-0.2, 0) is 6.42 Å². The Balaban J connectivity index is 2.00. The van der Waals surface area contributed by atoms with Crippen molar-refractivity contribution >= 4 is 11.6 Å². The molecule has 1 nitrogen and oxygen atoms in total. The van der Waals surface area contributed by atoms with Crippen LogP contribution in [0.15, 0.2) is 24.3 Å². The summed E-state index contributed by atoms with van der Waals surface area (Å²) in [6.45, 7) is 5.77. The SMILES string of the molecule is CCCNC1CCC(C)CC1Cc1cccc(Cl)c1. The second-order valence-electron chi connectivity index (χ2n) is 6.07. The first kappa shape index (κ1) is 14.9. The molecule has 0 bridgehead atoms. The fraction of sp³-hybridized carbons (Fsp3) is 0.647. The molecule has 19 heavy (non-hydrogen) atoms. The monoisotopic (exact) mass is 279 g/mol. The molecule has 0 aliphatic heterocycles. The molecule has 2 rings (SSSR count). The molecular weight excluding hydrogens is 254 g/mol. The van der Waals surface area contributed by atoms with Crippen molar-refractivity contribution in [2.75, 3.05) is 6.54 Å². The molecule has 0 saturated heterocycles. The third-order valence-electron chi connectivity index (χ3n) is 4.29. The van der Waals surface area contributed by atoms with Gasteiger partial charge in [0, 0.05) is 11.1 Å². The van der Waals surface area contributed by atoms with E-state index in [2.05, 4.69) is 37.4 Å². The Bertz CT molecular complexity index is 389. The number of hydrogen-bond donors (Lipinski definition) is 1. The molecule has 1 aliphatic rings. The van der Waals surface area contributed by atoms with Gasteiger partial charge in [0.25, 0.3) is 0 Å². The Hall–Kier alpha value is -0.530. The summed E-state index contributed by atoms with van der Waals surface area (Å²) in [6.07, 6.45) is 6.41. The minimum atomic E-state index is 0.690. The van der Waals surface area contributed by atoms with Gasteiger partial charge in [-0.25, -0.2) is 0 Å². The van der Waals surface area contributed by atoms with Crippen LogP contribution in [0.1, 0.15) is 45.1 Å². The minimum absolute atomic E-state index is 0.690. The molecule has 0 heterocycles. The van der Waals surface area contributed by atoms with Crippen molar-refractivity contribution in [1.29, 1.82) is 0 Å². The molecule has 2 heteroatoms. The molecule has 1 N–H and O–H groups in total. The summed E-state index contributed by atoms with van der Waals surface area (Å²) in [5, 5.41) is 4.60. The molecule has 0 amide bonds. The molecule has 1 aromatic carbocycles. The lowest BCUT2D eigenvalue weighted by atomic mass is 9.76. The van der Waals surface area contributed by atoms with E-state index in [1.165, 1.54) is 31.2 Å². The van der Waals surface area contributed by atoms with Crippen molar-refractivity contribution < 1.29 is 0 Å². The van der Waals surface area contributed by atoms with Gasteiger partial charge in [0.1, 0.15) is 0 Å². The Morgan fingerprint density at radius 1 is 1.32 bits per heavy atom. The third-order valence-corrected chi connectivity index (χ3v) is 4.52. The van der Waals surface area contributed by atoms with Gasteiger partial charge in [-0.3, -0.25) is 0 Å². The van der Waals surface area contributed by atoms with Crippen LogP contribution in [0.5, 0.6) is 0 Å². The molecule has 3 unspecified atom stereocenters. The van der Waals surface area contributed by atoms with Gasteiger partial charge in [-0.05, 0) is 68.2 Å². The van der Waals surface area contributed by atoms with Gasteiger partial charge in [-0.15, -0.1) is 0 Å². The quantitative estimate of drug-likeness (QED) is 0.825. The average molecular weight is 280 g/mol. The van der Waals surface area contributed by atoms with Crippen LogP contribution in [-0.4, -0.2) is 12.6 Å². The van der Waals surface area contributed by atoms with Gasteiger partial charge in [0.15, 0.2) is 0 Å². The molecule has 0 aromatic heterocycles. The Labute approximate surface area is 122 Å². The van der Waals surface area contributed by atoms with Crippen LogP contribution >= 0.6 is 11.6 Å². The first-order valence-corrected chi connectivity index (χ1v) is 8.04. The van der Waals surface area contributed by atoms with Gasteiger partial charge in [0.05, 0.1) is 0 Å². The second-order valence-corrected chi connectivity index (χ2v) is 6.51. The van der Waals surface area contributed by atoms with Crippen LogP contribution in [0.3, 0.4) is 0 Å². The summed E-state index contributed by atoms with van der Waals surface area (Å²) < 4.78 is 0. The molecule has 3 atom stereocenters. The van der Waals surface area contributed by atoms with Crippen LogP contribution < -0.4 is 5.32 Å². The molecule has 1 aliphatic carbocycles. The second kappa shape index (κ2) is 7.31. The van der Waals surface area contributed by atoms with Crippen LogP contribution in [0.4, 0.5) is 0 Å². The fourth-order valence-corrected chi connectivity index (χ4v) is 3.50. The van der Waals surface area contributed by atoms with Crippen LogP contribution in [0, 0.1) is 11.8 Å². The van der Waals surface area contributed by atoms with Crippen molar-refractivity contribution in [2.45, 2.75) is 52.0 Å². The van der Waals surface area contributed by atoms with Crippen molar-refractivity contribution in [2.24, 2.45) is 11.8 Å². The highest BCUT2D eigenvalue weighted by Gasteiger charge is 2.28. The maximum Gasteiger partial charge on any atom is 0.0408 e. The summed E-state index contributed by atoms with van der Waals surface area (Å²) in [4.78, 5) is 0. The lowest BCUT2D eigenvalue weighted by molar-refractivity contribution is 0.212. The maximum absolute atomic E-state index is 6.10. The standard InChI is InChI=1S/C17H26ClN/c1-3-9-19-17-8-7-13(2)10-15(17)11-14-5-4-6-16(18)12-14/h4-6,12-13,15,17,19H,3,7-11H2,1-2H3. The van der Waals surface area contributed by atoms with Crippen molar-refractivity contribution in [1.82, 2.24) is 5.32 Å². The highest BCUT2D eigenvalue weighted by atomic mass is 35.5. The Kier molecular flexibility index (Phi) is 5.72. The summed E-state index contributed by atoms with van der Waals surface area (Å²) in [6, 6.07) is 9.05. The summed E-state index contributed by atoms with van der Waals surface area (Å²) >= 11 is 6.10. The molecule has 106 valence electrons. The predicted molar refractivity (Wildman–Crippen MR) is 83.7 cm³/mol. The summed E-state index contributed by atoms with van der Waals surface area (Å²) in [5.41, 5.74) is 1.38. The van der Waals surface area contributed by atoms with E-state index >= 15 is 0 Å². The van der Waals surface area contributed by atoms with Crippen molar-refractivity contribution in [3.8, 4) is 0 Å². The first-order valence-electron chi connectivity index (χ1n) is 7.67. The smallest absolute Gasteiger partial charge is 0.0408 e. The molecule has 1 saturated carbocycles. The zero-order chi connectivity index (χ0) is 13.7. The average Bonchev–Trinajstić information content (AvgIpc) is 2.38. The maximum atomic E-state index is 6.10. The van der Waals surface area contributed by atoms with Gasteiger partial charge in [-0.2, -0.15) is 0 Å². The fourth-order valence-electron chi connectivity index (χ4n) is 3.29. The van der Waals surface area contributed by atoms with E-state index in [1.54, 1.807) is 0 Å². The predicted octanol–water partition coefficient (Wildman–Crippen LogP) is 4.69. The molecule has 0 spiro atoms. The number of rotatable bonds is 5. The molecule has 0 radical (unpaired) electrons. The van der Waals surface area contributed by atoms with E-state index in [9.17, 15) is 0 Å². The number of halogens is 1. The van der Waals surface area contributed by atoms with E-state index in [4.69, 9.17) is 11.6 Å². The Morgan fingerprint density at radius 3 is 2.89 bits per heavy atom. The topological polar surface area (TPSA) is 12.0 Å². The van der Waals surface area contributed by atoms with Gasteiger partial charge < -0.3 is 5.32 Å². The van der Waals surface area contributed by atoms with Crippen molar-refractivity contribution in [3.05, 3.63) is 34.9 Å². The van der Waals surface area contributed by atoms with Gasteiger partial charge in [-0.1, -0.05) is 37.6 Å². The zero-order valence-electron chi connectivity index (χ0n) is 12.2. The number of benzene rings is 1. The van der Waals surface area contributed by atoms with E-state index in [0.29, 0.717) is 6.04 Å². The van der Waals surface area contributed by atoms with Gasteiger partial charge >= 0.3 is 0 Å². The highest BCUT2D eigenvalue weighted by molar-refractivity contribution is 6.30. The summed E-state index contributed by atoms with van der Waals surface area (Å²) in [7, 11) is 0. The molecule has 1 fully saturated rings. The van der Waals surface area contributed by atoms with Crippen LogP contribution in [0.25, 0.3) is 0 Å². The zero-order valence-corrected chi connectivity index (χ0v) is 12.9. The van der Waals surface area contributed by atoms with E-state index in [0.717, 1.165) is 29.8 Å². The summed E-state index contributed by atoms with van der Waals surface area (Å²) in [5.74, 6) is 1.62.